The summed E-state index contributed by atoms with van der Waals surface area (Å²) in [6.45, 7) is 0.650. The largest absolute Gasteiger partial charge is 0.493 e. The lowest BCUT2D eigenvalue weighted by Crippen LogP contribution is -2.02. The van der Waals surface area contributed by atoms with Crippen LogP contribution < -0.4 is 4.74 Å². The van der Waals surface area contributed by atoms with Crippen molar-refractivity contribution in [1.82, 2.24) is 0 Å². The molecule has 1 N–H and O–H groups in total. The van der Waals surface area contributed by atoms with Crippen molar-refractivity contribution in [2.45, 2.75) is 19.4 Å². The molecule has 3 heteroatoms. The van der Waals surface area contributed by atoms with Crippen LogP contribution in [0.3, 0.4) is 0 Å². The molecule has 0 saturated carbocycles. The fourth-order valence-electron chi connectivity index (χ4n) is 1.92. The van der Waals surface area contributed by atoms with Gasteiger partial charge in [0.2, 0.25) is 0 Å². The van der Waals surface area contributed by atoms with Gasteiger partial charge in [0.1, 0.15) is 5.75 Å². The molecule has 0 aliphatic carbocycles. The predicted octanol–water partition coefficient (Wildman–Crippen LogP) is 3.95. The zero-order valence-electron chi connectivity index (χ0n) is 10.7. The Labute approximate surface area is 122 Å². The first-order chi connectivity index (χ1) is 9.29. The summed E-state index contributed by atoms with van der Waals surface area (Å²) in [5.41, 5.74) is 2.14. The first kappa shape index (κ1) is 14.1. The van der Waals surface area contributed by atoms with Gasteiger partial charge in [-0.3, -0.25) is 0 Å². The lowest BCUT2D eigenvalue weighted by Gasteiger charge is -2.10. The van der Waals surface area contributed by atoms with Crippen LogP contribution in [0.1, 0.15) is 17.5 Å². The van der Waals surface area contributed by atoms with Crippen molar-refractivity contribution in [3.05, 3.63) is 64.1 Å². The highest BCUT2D eigenvalue weighted by molar-refractivity contribution is 9.10. The van der Waals surface area contributed by atoms with Gasteiger partial charge >= 0.3 is 0 Å². The Morgan fingerprint density at radius 3 is 2.58 bits per heavy atom. The van der Waals surface area contributed by atoms with E-state index in [1.54, 1.807) is 0 Å². The first-order valence-corrected chi connectivity index (χ1v) is 7.15. The van der Waals surface area contributed by atoms with Crippen molar-refractivity contribution in [1.29, 1.82) is 0 Å². The zero-order chi connectivity index (χ0) is 13.5. The molecular formula is C16H17BrO2. The number of aliphatic hydroxyl groups is 1. The van der Waals surface area contributed by atoms with Crippen molar-refractivity contribution in [2.24, 2.45) is 0 Å². The van der Waals surface area contributed by atoms with Crippen molar-refractivity contribution >= 4 is 15.9 Å². The van der Waals surface area contributed by atoms with Gasteiger partial charge in [-0.15, -0.1) is 0 Å². The summed E-state index contributed by atoms with van der Waals surface area (Å²) in [5.74, 6) is 0.763. The van der Waals surface area contributed by atoms with Gasteiger partial charge in [0.05, 0.1) is 13.2 Å². The van der Waals surface area contributed by atoms with E-state index in [0.717, 1.165) is 28.6 Å². The number of halogens is 1. The molecule has 0 radical (unpaired) electrons. The molecule has 0 aromatic heterocycles. The Bertz CT molecular complexity index is 511. The lowest BCUT2D eigenvalue weighted by atomic mass is 10.1. The Kier molecular flexibility index (Phi) is 5.43. The number of hydrogen-bond donors (Lipinski definition) is 1. The molecule has 0 aliphatic rings. The van der Waals surface area contributed by atoms with E-state index < -0.39 is 0 Å². The normalized spacial score (nSPS) is 10.4. The molecule has 2 nitrogen and oxygen atoms in total. The molecule has 0 spiro atoms. The molecule has 0 heterocycles. The van der Waals surface area contributed by atoms with Gasteiger partial charge in [0.15, 0.2) is 0 Å². The Balaban J connectivity index is 1.83. The second kappa shape index (κ2) is 7.31. The fourth-order valence-corrected chi connectivity index (χ4v) is 2.32. The van der Waals surface area contributed by atoms with Crippen molar-refractivity contribution in [3.63, 3.8) is 0 Å². The molecule has 2 aromatic rings. The van der Waals surface area contributed by atoms with E-state index in [-0.39, 0.29) is 6.61 Å². The molecule has 0 amide bonds. The van der Waals surface area contributed by atoms with Crippen LogP contribution in [0, 0.1) is 0 Å². The summed E-state index contributed by atoms with van der Waals surface area (Å²) in [6, 6.07) is 16.1. The molecule has 100 valence electrons. The third-order valence-electron chi connectivity index (χ3n) is 2.90. The summed E-state index contributed by atoms with van der Waals surface area (Å²) < 4.78 is 6.68. The molecule has 0 atom stereocenters. The number of benzene rings is 2. The minimum Gasteiger partial charge on any atom is -0.493 e. The first-order valence-electron chi connectivity index (χ1n) is 6.35. The average molecular weight is 321 g/mol. The lowest BCUT2D eigenvalue weighted by molar-refractivity contribution is 0.261. The predicted molar refractivity (Wildman–Crippen MR) is 80.3 cm³/mol. The van der Waals surface area contributed by atoms with Crippen LogP contribution in [0.2, 0.25) is 0 Å². The molecular weight excluding hydrogens is 304 g/mol. The van der Waals surface area contributed by atoms with E-state index in [0.29, 0.717) is 6.61 Å². The number of rotatable bonds is 6. The van der Waals surface area contributed by atoms with E-state index in [1.165, 1.54) is 5.56 Å². The van der Waals surface area contributed by atoms with Crippen LogP contribution >= 0.6 is 15.9 Å². The number of hydrogen-bond acceptors (Lipinski definition) is 2. The second-order valence-electron chi connectivity index (χ2n) is 4.35. The highest BCUT2D eigenvalue weighted by Gasteiger charge is 2.03. The summed E-state index contributed by atoms with van der Waals surface area (Å²) in [4.78, 5) is 0. The van der Waals surface area contributed by atoms with Crippen LogP contribution in [-0.4, -0.2) is 11.7 Å². The Morgan fingerprint density at radius 1 is 1.05 bits per heavy atom. The average Bonchev–Trinajstić information content (AvgIpc) is 2.46. The molecule has 19 heavy (non-hydrogen) atoms. The summed E-state index contributed by atoms with van der Waals surface area (Å²) in [5, 5.41) is 9.28. The van der Waals surface area contributed by atoms with Gasteiger partial charge in [-0.25, -0.2) is 0 Å². The smallest absolute Gasteiger partial charge is 0.124 e. The zero-order valence-corrected chi connectivity index (χ0v) is 12.3. The van der Waals surface area contributed by atoms with Gasteiger partial charge in [0.25, 0.3) is 0 Å². The summed E-state index contributed by atoms with van der Waals surface area (Å²) >= 11 is 3.38. The monoisotopic (exact) mass is 320 g/mol. The van der Waals surface area contributed by atoms with Crippen LogP contribution in [0.25, 0.3) is 0 Å². The van der Waals surface area contributed by atoms with Gasteiger partial charge in [0, 0.05) is 10.0 Å². The van der Waals surface area contributed by atoms with Crippen molar-refractivity contribution in [3.8, 4) is 5.75 Å². The fraction of sp³-hybridized carbons (Fsp3) is 0.250. The van der Waals surface area contributed by atoms with E-state index in [1.807, 2.05) is 24.3 Å². The standard InChI is InChI=1S/C16H17BrO2/c17-15-8-9-16(14(11-15)12-18)19-10-4-7-13-5-2-1-3-6-13/h1-3,5-6,8-9,11,18H,4,7,10,12H2. The summed E-state index contributed by atoms with van der Waals surface area (Å²) in [6.07, 6.45) is 1.97. The third-order valence-corrected chi connectivity index (χ3v) is 3.40. The molecule has 0 aliphatic heterocycles. The molecule has 0 saturated heterocycles. The highest BCUT2D eigenvalue weighted by Crippen LogP contribution is 2.23. The van der Waals surface area contributed by atoms with Crippen molar-refractivity contribution < 1.29 is 9.84 Å². The van der Waals surface area contributed by atoms with Gasteiger partial charge in [-0.05, 0) is 36.6 Å². The molecule has 0 bridgehead atoms. The maximum absolute atomic E-state index is 9.28. The highest BCUT2D eigenvalue weighted by atomic mass is 79.9. The van der Waals surface area contributed by atoms with Gasteiger partial charge < -0.3 is 9.84 Å². The quantitative estimate of drug-likeness (QED) is 0.816. The third kappa shape index (κ3) is 4.37. The van der Waals surface area contributed by atoms with Crippen LogP contribution in [0.15, 0.2) is 53.0 Å². The molecule has 2 aromatic carbocycles. The minimum absolute atomic E-state index is 0.00649. The summed E-state index contributed by atoms with van der Waals surface area (Å²) in [7, 11) is 0. The Morgan fingerprint density at radius 2 is 1.84 bits per heavy atom. The second-order valence-corrected chi connectivity index (χ2v) is 5.26. The SMILES string of the molecule is OCc1cc(Br)ccc1OCCCc1ccccc1. The molecule has 0 unspecified atom stereocenters. The number of aliphatic hydroxyl groups excluding tert-OH is 1. The van der Waals surface area contributed by atoms with E-state index >= 15 is 0 Å². The van der Waals surface area contributed by atoms with Crippen LogP contribution in [0.4, 0.5) is 0 Å². The topological polar surface area (TPSA) is 29.5 Å². The molecule has 2 rings (SSSR count). The van der Waals surface area contributed by atoms with Crippen LogP contribution in [-0.2, 0) is 13.0 Å². The van der Waals surface area contributed by atoms with Crippen LogP contribution in [0.5, 0.6) is 5.75 Å². The number of ether oxygens (including phenoxy) is 1. The van der Waals surface area contributed by atoms with Gasteiger partial charge in [-0.2, -0.15) is 0 Å². The van der Waals surface area contributed by atoms with E-state index in [4.69, 9.17) is 4.74 Å². The maximum atomic E-state index is 9.28. The molecule has 0 fully saturated rings. The van der Waals surface area contributed by atoms with Crippen molar-refractivity contribution in [2.75, 3.05) is 6.61 Å². The van der Waals surface area contributed by atoms with E-state index in [2.05, 4.69) is 40.2 Å². The van der Waals surface area contributed by atoms with E-state index in [9.17, 15) is 5.11 Å². The maximum Gasteiger partial charge on any atom is 0.124 e. The Hall–Kier alpha value is -1.32. The number of aryl methyl sites for hydroxylation is 1. The van der Waals surface area contributed by atoms with Gasteiger partial charge in [-0.1, -0.05) is 46.3 Å². The minimum atomic E-state index is -0.00649.